The molecule has 1 fully saturated rings. The van der Waals surface area contributed by atoms with Gasteiger partial charge in [0.2, 0.25) is 5.91 Å². The van der Waals surface area contributed by atoms with E-state index in [-0.39, 0.29) is 17.6 Å². The summed E-state index contributed by atoms with van der Waals surface area (Å²) in [6, 6.07) is 15.7. The van der Waals surface area contributed by atoms with E-state index in [1.807, 2.05) is 54.3 Å². The van der Waals surface area contributed by atoms with Crippen LogP contribution in [-0.2, 0) is 4.79 Å². The highest BCUT2D eigenvalue weighted by molar-refractivity contribution is 5.78. The molecule has 1 atom stereocenters. The number of benzene rings is 2. The summed E-state index contributed by atoms with van der Waals surface area (Å²) in [6.45, 7) is 3.68. The SMILES string of the molecule is Cc1ccc([C@H](CC(=O)N2CCCC2)c2ccccc2)c(O)c1. The van der Waals surface area contributed by atoms with Crippen molar-refractivity contribution in [1.29, 1.82) is 0 Å². The molecule has 1 aliphatic rings. The molecule has 0 saturated carbocycles. The fourth-order valence-electron chi connectivity index (χ4n) is 3.31. The Kier molecular flexibility index (Phi) is 4.65. The van der Waals surface area contributed by atoms with Gasteiger partial charge in [0.25, 0.3) is 0 Å². The zero-order chi connectivity index (χ0) is 16.2. The molecule has 1 saturated heterocycles. The third kappa shape index (κ3) is 3.55. The Hall–Kier alpha value is -2.29. The molecule has 3 heteroatoms. The molecule has 0 radical (unpaired) electrons. The Bertz CT molecular complexity index is 675. The average molecular weight is 309 g/mol. The second kappa shape index (κ2) is 6.86. The lowest BCUT2D eigenvalue weighted by molar-refractivity contribution is -0.130. The molecule has 1 heterocycles. The number of phenols is 1. The van der Waals surface area contributed by atoms with Gasteiger partial charge in [0.15, 0.2) is 0 Å². The number of aromatic hydroxyl groups is 1. The third-order valence-corrected chi connectivity index (χ3v) is 4.60. The molecular weight excluding hydrogens is 286 g/mol. The molecule has 1 amide bonds. The van der Waals surface area contributed by atoms with Gasteiger partial charge in [-0.25, -0.2) is 0 Å². The van der Waals surface area contributed by atoms with Crippen LogP contribution in [0.2, 0.25) is 0 Å². The normalized spacial score (nSPS) is 15.6. The van der Waals surface area contributed by atoms with Crippen molar-refractivity contribution < 1.29 is 9.90 Å². The summed E-state index contributed by atoms with van der Waals surface area (Å²) in [6.07, 6.45) is 2.59. The molecule has 2 aromatic rings. The van der Waals surface area contributed by atoms with Gasteiger partial charge < -0.3 is 10.0 Å². The van der Waals surface area contributed by atoms with Crippen LogP contribution in [0, 0.1) is 6.92 Å². The maximum absolute atomic E-state index is 12.6. The first kappa shape index (κ1) is 15.6. The van der Waals surface area contributed by atoms with Crippen molar-refractivity contribution in [2.45, 2.75) is 32.1 Å². The number of nitrogens with zero attached hydrogens (tertiary/aromatic N) is 1. The lowest BCUT2D eigenvalue weighted by atomic mass is 9.87. The average Bonchev–Trinajstić information content (AvgIpc) is 3.08. The van der Waals surface area contributed by atoms with E-state index in [1.54, 1.807) is 6.07 Å². The molecule has 0 spiro atoms. The van der Waals surface area contributed by atoms with Crippen LogP contribution in [0.4, 0.5) is 0 Å². The number of likely N-dealkylation sites (tertiary alicyclic amines) is 1. The summed E-state index contributed by atoms with van der Waals surface area (Å²) < 4.78 is 0. The van der Waals surface area contributed by atoms with Gasteiger partial charge >= 0.3 is 0 Å². The van der Waals surface area contributed by atoms with Crippen molar-refractivity contribution in [2.75, 3.05) is 13.1 Å². The van der Waals surface area contributed by atoms with Crippen molar-refractivity contribution in [3.63, 3.8) is 0 Å². The standard InChI is InChI=1S/C20H23NO2/c1-15-9-10-17(19(22)13-15)18(16-7-3-2-4-8-16)14-20(23)21-11-5-6-12-21/h2-4,7-10,13,18,22H,5-6,11-12,14H2,1H3/t18-/m1/s1. The summed E-state index contributed by atoms with van der Waals surface area (Å²) in [4.78, 5) is 14.6. The number of hydrogen-bond donors (Lipinski definition) is 1. The molecule has 23 heavy (non-hydrogen) atoms. The number of amides is 1. The van der Waals surface area contributed by atoms with E-state index in [1.165, 1.54) is 0 Å². The highest BCUT2D eigenvalue weighted by Crippen LogP contribution is 2.35. The molecule has 0 unspecified atom stereocenters. The van der Waals surface area contributed by atoms with Gasteiger partial charge in [-0.15, -0.1) is 0 Å². The first-order chi connectivity index (χ1) is 11.1. The first-order valence-corrected chi connectivity index (χ1v) is 8.27. The number of phenolic OH excluding ortho intramolecular Hbond substituents is 1. The van der Waals surface area contributed by atoms with Crippen molar-refractivity contribution >= 4 is 5.91 Å². The molecule has 2 aromatic carbocycles. The maximum atomic E-state index is 12.6. The lowest BCUT2D eigenvalue weighted by Gasteiger charge is -2.22. The minimum atomic E-state index is -0.107. The van der Waals surface area contributed by atoms with Crippen LogP contribution in [0.15, 0.2) is 48.5 Å². The number of rotatable bonds is 4. The molecule has 1 aliphatic heterocycles. The van der Waals surface area contributed by atoms with Crippen LogP contribution in [0.3, 0.4) is 0 Å². The summed E-state index contributed by atoms with van der Waals surface area (Å²) in [5.41, 5.74) is 2.91. The molecule has 3 nitrogen and oxygen atoms in total. The van der Waals surface area contributed by atoms with Gasteiger partial charge in [0.1, 0.15) is 5.75 Å². The Labute approximate surface area is 137 Å². The quantitative estimate of drug-likeness (QED) is 0.932. The minimum Gasteiger partial charge on any atom is -0.508 e. The van der Waals surface area contributed by atoms with E-state index in [0.717, 1.165) is 42.6 Å². The van der Waals surface area contributed by atoms with E-state index < -0.39 is 0 Å². The summed E-state index contributed by atoms with van der Waals surface area (Å²) in [5, 5.41) is 10.4. The minimum absolute atomic E-state index is 0.107. The van der Waals surface area contributed by atoms with E-state index in [0.29, 0.717) is 6.42 Å². The Morgan fingerprint density at radius 2 is 1.83 bits per heavy atom. The van der Waals surface area contributed by atoms with Crippen LogP contribution in [0.1, 0.15) is 41.9 Å². The summed E-state index contributed by atoms with van der Waals surface area (Å²) in [5.74, 6) is 0.342. The summed E-state index contributed by atoms with van der Waals surface area (Å²) >= 11 is 0. The molecule has 0 bridgehead atoms. The highest BCUT2D eigenvalue weighted by Gasteiger charge is 2.25. The van der Waals surface area contributed by atoms with Gasteiger partial charge in [-0.3, -0.25) is 4.79 Å². The monoisotopic (exact) mass is 309 g/mol. The number of hydrogen-bond acceptors (Lipinski definition) is 2. The van der Waals surface area contributed by atoms with Gasteiger partial charge in [0, 0.05) is 31.0 Å². The topological polar surface area (TPSA) is 40.5 Å². The Morgan fingerprint density at radius 3 is 2.48 bits per heavy atom. The predicted octanol–water partition coefficient (Wildman–Crippen LogP) is 3.85. The van der Waals surface area contributed by atoms with Crippen LogP contribution in [0.25, 0.3) is 0 Å². The largest absolute Gasteiger partial charge is 0.508 e. The smallest absolute Gasteiger partial charge is 0.223 e. The van der Waals surface area contributed by atoms with Gasteiger partial charge in [-0.1, -0.05) is 42.5 Å². The zero-order valence-corrected chi connectivity index (χ0v) is 13.5. The predicted molar refractivity (Wildman–Crippen MR) is 91.6 cm³/mol. The molecular formula is C20H23NO2. The van der Waals surface area contributed by atoms with Crippen LogP contribution in [-0.4, -0.2) is 29.0 Å². The van der Waals surface area contributed by atoms with Crippen molar-refractivity contribution in [3.05, 3.63) is 65.2 Å². The molecule has 0 aromatic heterocycles. The fraction of sp³-hybridized carbons (Fsp3) is 0.350. The first-order valence-electron chi connectivity index (χ1n) is 8.27. The van der Waals surface area contributed by atoms with Crippen molar-refractivity contribution in [2.24, 2.45) is 0 Å². The molecule has 120 valence electrons. The number of carbonyl (C=O) groups excluding carboxylic acids is 1. The van der Waals surface area contributed by atoms with Crippen LogP contribution >= 0.6 is 0 Å². The van der Waals surface area contributed by atoms with E-state index in [9.17, 15) is 9.90 Å². The van der Waals surface area contributed by atoms with E-state index in [2.05, 4.69) is 0 Å². The van der Waals surface area contributed by atoms with Crippen LogP contribution < -0.4 is 0 Å². The Balaban J connectivity index is 1.92. The third-order valence-electron chi connectivity index (χ3n) is 4.60. The number of aryl methyl sites for hydroxylation is 1. The van der Waals surface area contributed by atoms with Crippen molar-refractivity contribution in [1.82, 2.24) is 4.90 Å². The highest BCUT2D eigenvalue weighted by atomic mass is 16.3. The van der Waals surface area contributed by atoms with E-state index in [4.69, 9.17) is 0 Å². The van der Waals surface area contributed by atoms with Gasteiger partial charge in [-0.05, 0) is 37.0 Å². The van der Waals surface area contributed by atoms with E-state index >= 15 is 0 Å². The number of carbonyl (C=O) groups is 1. The van der Waals surface area contributed by atoms with Crippen molar-refractivity contribution in [3.8, 4) is 5.75 Å². The second-order valence-corrected chi connectivity index (χ2v) is 6.32. The Morgan fingerprint density at radius 1 is 1.13 bits per heavy atom. The second-order valence-electron chi connectivity index (χ2n) is 6.32. The summed E-state index contributed by atoms with van der Waals surface area (Å²) in [7, 11) is 0. The molecule has 1 N–H and O–H groups in total. The zero-order valence-electron chi connectivity index (χ0n) is 13.5. The molecule has 0 aliphatic carbocycles. The van der Waals surface area contributed by atoms with Gasteiger partial charge in [-0.2, -0.15) is 0 Å². The van der Waals surface area contributed by atoms with Crippen LogP contribution in [0.5, 0.6) is 5.75 Å². The lowest BCUT2D eigenvalue weighted by Crippen LogP contribution is -2.29. The maximum Gasteiger partial charge on any atom is 0.223 e. The van der Waals surface area contributed by atoms with Gasteiger partial charge in [0.05, 0.1) is 0 Å². The molecule has 3 rings (SSSR count). The fourth-order valence-corrected chi connectivity index (χ4v) is 3.31.